The Morgan fingerprint density at radius 1 is 1.20 bits per heavy atom. The Balaban J connectivity index is 1.43. The van der Waals surface area contributed by atoms with Crippen LogP contribution in [0.25, 0.3) is 0 Å². The van der Waals surface area contributed by atoms with Crippen LogP contribution in [0.1, 0.15) is 18.4 Å². The van der Waals surface area contributed by atoms with Gasteiger partial charge < -0.3 is 4.74 Å². The van der Waals surface area contributed by atoms with Gasteiger partial charge in [-0.1, -0.05) is 0 Å². The van der Waals surface area contributed by atoms with Gasteiger partial charge in [0.25, 0.3) is 0 Å². The monoisotopic (exact) mass is 292 g/mol. The molecule has 0 aromatic carbocycles. The third-order valence-electron chi connectivity index (χ3n) is 5.28. The van der Waals surface area contributed by atoms with Crippen molar-refractivity contribution in [3.63, 3.8) is 0 Å². The molecule has 20 heavy (non-hydrogen) atoms. The Morgan fingerprint density at radius 3 is 2.90 bits per heavy atom. The summed E-state index contributed by atoms with van der Waals surface area (Å²) >= 11 is 1.81. The lowest BCUT2D eigenvalue weighted by atomic mass is 9.87. The fraction of sp³-hybridized carbons (Fsp3) is 0.750. The fourth-order valence-corrected chi connectivity index (χ4v) is 4.94. The lowest BCUT2D eigenvalue weighted by molar-refractivity contribution is -0.0308. The zero-order chi connectivity index (χ0) is 13.4. The van der Waals surface area contributed by atoms with Crippen molar-refractivity contribution < 1.29 is 4.74 Å². The molecule has 0 spiro atoms. The van der Waals surface area contributed by atoms with Crippen LogP contribution in [0, 0.1) is 11.8 Å². The predicted octanol–water partition coefficient (Wildman–Crippen LogP) is 2.29. The number of hydrogen-bond acceptors (Lipinski definition) is 4. The fourth-order valence-electron chi connectivity index (χ4n) is 4.28. The van der Waals surface area contributed by atoms with Gasteiger partial charge in [0.1, 0.15) is 0 Å². The van der Waals surface area contributed by atoms with Crippen molar-refractivity contribution in [2.24, 2.45) is 11.8 Å². The molecule has 4 heteroatoms. The van der Waals surface area contributed by atoms with Gasteiger partial charge in [-0.2, -0.15) is 11.3 Å². The van der Waals surface area contributed by atoms with Crippen LogP contribution in [0.4, 0.5) is 0 Å². The second-order valence-corrected chi connectivity index (χ2v) is 7.38. The third kappa shape index (κ3) is 2.54. The normalized spacial score (nSPS) is 35.5. The minimum absolute atomic E-state index is 0.684. The zero-order valence-corrected chi connectivity index (χ0v) is 12.9. The molecular weight excluding hydrogens is 268 g/mol. The highest BCUT2D eigenvalue weighted by atomic mass is 32.1. The van der Waals surface area contributed by atoms with Crippen LogP contribution >= 0.6 is 11.3 Å². The van der Waals surface area contributed by atoms with Gasteiger partial charge in [0.15, 0.2) is 0 Å². The topological polar surface area (TPSA) is 15.7 Å². The minimum atomic E-state index is 0.684. The van der Waals surface area contributed by atoms with Gasteiger partial charge in [-0.05, 0) is 54.2 Å². The van der Waals surface area contributed by atoms with Gasteiger partial charge in [0, 0.05) is 31.6 Å². The number of hydrogen-bond donors (Lipinski definition) is 0. The van der Waals surface area contributed by atoms with Crippen LogP contribution in [0.3, 0.4) is 0 Å². The Kier molecular flexibility index (Phi) is 3.82. The molecule has 0 amide bonds. The number of likely N-dealkylation sites (tertiary alicyclic amines) is 2. The van der Waals surface area contributed by atoms with Crippen molar-refractivity contribution in [1.82, 2.24) is 9.80 Å². The Bertz CT molecular complexity index is 430. The van der Waals surface area contributed by atoms with E-state index in [1.807, 2.05) is 11.3 Å². The van der Waals surface area contributed by atoms with Crippen molar-refractivity contribution in [3.05, 3.63) is 22.4 Å². The van der Waals surface area contributed by atoms with Crippen molar-refractivity contribution in [1.29, 1.82) is 0 Å². The molecule has 0 aliphatic carbocycles. The van der Waals surface area contributed by atoms with Crippen molar-refractivity contribution in [3.8, 4) is 0 Å². The van der Waals surface area contributed by atoms with Gasteiger partial charge in [-0.3, -0.25) is 9.80 Å². The lowest BCUT2D eigenvalue weighted by Crippen LogP contribution is -2.49. The van der Waals surface area contributed by atoms with E-state index in [9.17, 15) is 0 Å². The maximum atomic E-state index is 5.93. The van der Waals surface area contributed by atoms with E-state index < -0.39 is 0 Å². The molecule has 3 fully saturated rings. The van der Waals surface area contributed by atoms with E-state index >= 15 is 0 Å². The van der Waals surface area contributed by atoms with Gasteiger partial charge >= 0.3 is 0 Å². The predicted molar refractivity (Wildman–Crippen MR) is 82.0 cm³/mol. The van der Waals surface area contributed by atoms with E-state index in [2.05, 4.69) is 26.6 Å². The smallest absolute Gasteiger partial charge is 0.0625 e. The summed E-state index contributed by atoms with van der Waals surface area (Å²) in [5, 5.41) is 4.48. The second-order valence-electron chi connectivity index (χ2n) is 6.60. The molecule has 110 valence electrons. The highest BCUT2D eigenvalue weighted by Gasteiger charge is 2.43. The van der Waals surface area contributed by atoms with Crippen LogP contribution in [0.5, 0.6) is 0 Å². The van der Waals surface area contributed by atoms with Crippen molar-refractivity contribution in [2.45, 2.75) is 25.4 Å². The van der Waals surface area contributed by atoms with Gasteiger partial charge in [-0.25, -0.2) is 0 Å². The molecule has 0 radical (unpaired) electrons. The zero-order valence-electron chi connectivity index (χ0n) is 12.0. The Morgan fingerprint density at radius 2 is 2.10 bits per heavy atom. The molecule has 3 saturated heterocycles. The summed E-state index contributed by atoms with van der Waals surface area (Å²) in [7, 11) is 0. The van der Waals surface area contributed by atoms with Crippen molar-refractivity contribution >= 4 is 11.3 Å². The van der Waals surface area contributed by atoms with E-state index in [1.165, 1.54) is 44.6 Å². The second kappa shape index (κ2) is 5.76. The Hall–Kier alpha value is -0.420. The molecule has 4 rings (SSSR count). The van der Waals surface area contributed by atoms with Crippen LogP contribution in [-0.4, -0.2) is 55.2 Å². The highest BCUT2D eigenvalue weighted by molar-refractivity contribution is 7.07. The summed E-state index contributed by atoms with van der Waals surface area (Å²) in [6.45, 7) is 8.16. The number of rotatable bonds is 3. The average Bonchev–Trinajstić information content (AvgIpc) is 3.19. The largest absolute Gasteiger partial charge is 0.379 e. The molecule has 3 aliphatic heterocycles. The SMILES string of the molecule is c1cc(CN2C[C@@H]3COC[C@@H](N4CCCC4)[C@@H]3C2)cs1. The molecule has 3 aliphatic rings. The van der Waals surface area contributed by atoms with Crippen LogP contribution in [-0.2, 0) is 11.3 Å². The summed E-state index contributed by atoms with van der Waals surface area (Å²) < 4.78 is 5.93. The number of nitrogens with zero attached hydrogens (tertiary/aromatic N) is 2. The first kappa shape index (κ1) is 13.3. The molecule has 0 unspecified atom stereocenters. The third-order valence-corrected chi connectivity index (χ3v) is 6.01. The van der Waals surface area contributed by atoms with Gasteiger partial charge in [-0.15, -0.1) is 0 Å². The first-order chi connectivity index (χ1) is 9.90. The number of thiophene rings is 1. The first-order valence-corrected chi connectivity index (χ1v) is 8.89. The van der Waals surface area contributed by atoms with Crippen LogP contribution in [0.2, 0.25) is 0 Å². The minimum Gasteiger partial charge on any atom is -0.379 e. The number of ether oxygens (including phenoxy) is 1. The standard InChI is InChI=1S/C16H24N2OS/c1-2-5-18(4-1)16-11-19-10-14-8-17(9-15(14)16)7-13-3-6-20-12-13/h3,6,12,14-16H,1-2,4-5,7-11H2/t14-,15-,16-/m1/s1. The molecular formula is C16H24N2OS. The molecule has 0 N–H and O–H groups in total. The van der Waals surface area contributed by atoms with Crippen LogP contribution < -0.4 is 0 Å². The highest BCUT2D eigenvalue weighted by Crippen LogP contribution is 2.34. The summed E-state index contributed by atoms with van der Waals surface area (Å²) in [5.74, 6) is 1.59. The molecule has 4 heterocycles. The van der Waals surface area contributed by atoms with Gasteiger partial charge in [0.2, 0.25) is 0 Å². The summed E-state index contributed by atoms with van der Waals surface area (Å²) in [6, 6.07) is 2.95. The summed E-state index contributed by atoms with van der Waals surface area (Å²) in [6.07, 6.45) is 2.76. The maximum absolute atomic E-state index is 5.93. The quantitative estimate of drug-likeness (QED) is 0.850. The molecule has 0 saturated carbocycles. The van der Waals surface area contributed by atoms with Crippen molar-refractivity contribution in [2.75, 3.05) is 39.4 Å². The summed E-state index contributed by atoms with van der Waals surface area (Å²) in [4.78, 5) is 5.35. The molecule has 3 atom stereocenters. The summed E-state index contributed by atoms with van der Waals surface area (Å²) in [5.41, 5.74) is 1.48. The molecule has 3 nitrogen and oxygen atoms in total. The first-order valence-electron chi connectivity index (χ1n) is 7.95. The average molecular weight is 292 g/mol. The van der Waals surface area contributed by atoms with E-state index in [0.29, 0.717) is 6.04 Å². The Labute approximate surface area is 125 Å². The van der Waals surface area contributed by atoms with E-state index in [0.717, 1.165) is 31.6 Å². The van der Waals surface area contributed by atoms with E-state index in [4.69, 9.17) is 4.74 Å². The molecule has 1 aromatic rings. The molecule has 0 bridgehead atoms. The molecule has 1 aromatic heterocycles. The van der Waals surface area contributed by atoms with E-state index in [1.54, 1.807) is 0 Å². The van der Waals surface area contributed by atoms with Gasteiger partial charge in [0.05, 0.1) is 13.2 Å². The maximum Gasteiger partial charge on any atom is 0.0625 e. The van der Waals surface area contributed by atoms with Crippen LogP contribution in [0.15, 0.2) is 16.8 Å². The van der Waals surface area contributed by atoms with E-state index in [-0.39, 0.29) is 0 Å². The lowest BCUT2D eigenvalue weighted by Gasteiger charge is -2.38. The number of fused-ring (bicyclic) bond motifs is 1.